The van der Waals surface area contributed by atoms with Gasteiger partial charge < -0.3 is 9.15 Å². The highest BCUT2D eigenvalue weighted by Crippen LogP contribution is 2.37. The highest BCUT2D eigenvalue weighted by molar-refractivity contribution is 7.99. The molecule has 4 aromatic rings. The maximum absolute atomic E-state index is 13.3. The minimum Gasteiger partial charge on any atom is -0.464 e. The molecule has 10 heteroatoms. The summed E-state index contributed by atoms with van der Waals surface area (Å²) in [5, 5.41) is 1.54. The predicted molar refractivity (Wildman–Crippen MR) is 108 cm³/mol. The molecule has 0 saturated carbocycles. The van der Waals surface area contributed by atoms with Gasteiger partial charge in [0.15, 0.2) is 10.8 Å². The molecular formula is C20H12ClFN4O3S. The fourth-order valence-corrected chi connectivity index (χ4v) is 3.34. The van der Waals surface area contributed by atoms with E-state index in [2.05, 4.69) is 24.7 Å². The zero-order chi connectivity index (χ0) is 21.1. The van der Waals surface area contributed by atoms with Crippen LogP contribution in [0.4, 0.5) is 4.39 Å². The van der Waals surface area contributed by atoms with Crippen molar-refractivity contribution < 1.29 is 18.3 Å². The lowest BCUT2D eigenvalue weighted by Gasteiger charge is -2.01. The van der Waals surface area contributed by atoms with Crippen molar-refractivity contribution in [1.29, 1.82) is 0 Å². The maximum atomic E-state index is 13.3. The van der Waals surface area contributed by atoms with Crippen LogP contribution in [0.5, 0.6) is 0 Å². The van der Waals surface area contributed by atoms with E-state index in [4.69, 9.17) is 16.0 Å². The predicted octanol–water partition coefficient (Wildman–Crippen LogP) is 4.92. The first-order valence-electron chi connectivity index (χ1n) is 8.50. The molecule has 0 aliphatic heterocycles. The normalized spacial score (nSPS) is 10.8. The van der Waals surface area contributed by atoms with Crippen LogP contribution in [0.3, 0.4) is 0 Å². The number of rotatable bonds is 5. The number of aromatic nitrogens is 4. The second-order valence-corrected chi connectivity index (χ2v) is 7.29. The van der Waals surface area contributed by atoms with Crippen LogP contribution in [0.2, 0.25) is 5.02 Å². The molecule has 30 heavy (non-hydrogen) atoms. The molecule has 0 spiro atoms. The molecular weight excluding hydrogens is 431 g/mol. The summed E-state index contributed by atoms with van der Waals surface area (Å²) in [6.07, 6.45) is 4.21. The van der Waals surface area contributed by atoms with E-state index in [0.29, 0.717) is 32.1 Å². The lowest BCUT2D eigenvalue weighted by Crippen LogP contribution is -2.05. The molecule has 0 atom stereocenters. The largest absolute Gasteiger partial charge is 0.464 e. The van der Waals surface area contributed by atoms with E-state index in [1.54, 1.807) is 24.3 Å². The summed E-state index contributed by atoms with van der Waals surface area (Å²) in [7, 11) is 1.26. The molecule has 0 bridgehead atoms. The Morgan fingerprint density at radius 2 is 1.87 bits per heavy atom. The number of ether oxygens (including phenoxy) is 1. The Kier molecular flexibility index (Phi) is 5.73. The number of nitrogens with zero attached hydrogens (tertiary/aromatic N) is 4. The molecule has 0 aliphatic rings. The summed E-state index contributed by atoms with van der Waals surface area (Å²) in [4.78, 5) is 28.7. The molecule has 150 valence electrons. The topological polar surface area (TPSA) is 91.0 Å². The van der Waals surface area contributed by atoms with Crippen LogP contribution in [0.25, 0.3) is 22.8 Å². The van der Waals surface area contributed by atoms with Crippen molar-refractivity contribution in [2.45, 2.75) is 10.1 Å². The van der Waals surface area contributed by atoms with Crippen LogP contribution < -0.4 is 0 Å². The first kappa shape index (κ1) is 20.0. The Morgan fingerprint density at radius 1 is 1.07 bits per heavy atom. The monoisotopic (exact) mass is 442 g/mol. The Labute approximate surface area is 179 Å². The van der Waals surface area contributed by atoms with Crippen molar-refractivity contribution in [3.05, 3.63) is 71.5 Å². The molecule has 0 radical (unpaired) electrons. The van der Waals surface area contributed by atoms with Gasteiger partial charge in [0.2, 0.25) is 5.89 Å². The third kappa shape index (κ3) is 4.32. The van der Waals surface area contributed by atoms with E-state index < -0.39 is 5.97 Å². The van der Waals surface area contributed by atoms with Crippen molar-refractivity contribution in [1.82, 2.24) is 19.9 Å². The Bertz CT molecular complexity index is 1180. The molecule has 0 saturated heterocycles. The number of methoxy groups -OCH3 is 1. The van der Waals surface area contributed by atoms with Gasteiger partial charge in [-0.1, -0.05) is 11.6 Å². The van der Waals surface area contributed by atoms with E-state index in [0.717, 1.165) is 0 Å². The number of esters is 1. The zero-order valence-corrected chi connectivity index (χ0v) is 16.9. The van der Waals surface area contributed by atoms with Crippen molar-refractivity contribution in [3.63, 3.8) is 0 Å². The first-order chi connectivity index (χ1) is 14.5. The number of carbonyl (C=O) groups is 1. The summed E-state index contributed by atoms with van der Waals surface area (Å²) < 4.78 is 23.8. The van der Waals surface area contributed by atoms with Gasteiger partial charge in [-0.15, -0.1) is 0 Å². The summed E-state index contributed by atoms with van der Waals surface area (Å²) in [6.45, 7) is 0. The molecule has 0 fully saturated rings. The molecule has 4 rings (SSSR count). The number of pyridine rings is 1. The molecule has 0 N–H and O–H groups in total. The SMILES string of the molecule is COC(=O)c1cnc(-c2nc(-c3ccc(F)cc3)oc2Sc2ccc(Cl)cn2)cn1. The van der Waals surface area contributed by atoms with E-state index >= 15 is 0 Å². The van der Waals surface area contributed by atoms with Crippen molar-refractivity contribution >= 4 is 29.3 Å². The number of carbonyl (C=O) groups excluding carboxylic acids is 1. The van der Waals surface area contributed by atoms with Crippen LogP contribution in [-0.4, -0.2) is 33.0 Å². The second-order valence-electron chi connectivity index (χ2n) is 5.86. The highest BCUT2D eigenvalue weighted by atomic mass is 35.5. The number of hydrogen-bond acceptors (Lipinski definition) is 8. The summed E-state index contributed by atoms with van der Waals surface area (Å²) in [5.41, 5.74) is 1.45. The molecule has 1 aromatic carbocycles. The van der Waals surface area contributed by atoms with E-state index in [1.165, 1.54) is 49.6 Å². The lowest BCUT2D eigenvalue weighted by atomic mass is 10.2. The van der Waals surface area contributed by atoms with Crippen molar-refractivity contribution in [3.8, 4) is 22.8 Å². The minimum absolute atomic E-state index is 0.0667. The smallest absolute Gasteiger partial charge is 0.358 e. The van der Waals surface area contributed by atoms with Gasteiger partial charge in [-0.25, -0.2) is 24.1 Å². The van der Waals surface area contributed by atoms with E-state index in [1.807, 2.05) is 0 Å². The van der Waals surface area contributed by atoms with E-state index in [9.17, 15) is 9.18 Å². The molecule has 3 aromatic heterocycles. The number of oxazole rings is 1. The lowest BCUT2D eigenvalue weighted by molar-refractivity contribution is 0.0593. The molecule has 0 amide bonds. The van der Waals surface area contributed by atoms with Gasteiger partial charge in [-0.3, -0.25) is 4.98 Å². The van der Waals surface area contributed by atoms with Gasteiger partial charge in [-0.2, -0.15) is 0 Å². The van der Waals surface area contributed by atoms with Gasteiger partial charge in [0, 0.05) is 11.8 Å². The molecule has 0 unspecified atom stereocenters. The van der Waals surface area contributed by atoms with Crippen LogP contribution in [0.15, 0.2) is 69.5 Å². The van der Waals surface area contributed by atoms with Crippen LogP contribution in [-0.2, 0) is 4.74 Å². The Hall–Kier alpha value is -3.30. The van der Waals surface area contributed by atoms with Crippen LogP contribution in [0.1, 0.15) is 10.5 Å². The third-order valence-electron chi connectivity index (χ3n) is 3.87. The number of halogens is 2. The van der Waals surface area contributed by atoms with Gasteiger partial charge in [0.05, 0.1) is 24.5 Å². The third-order valence-corrected chi connectivity index (χ3v) is 5.01. The van der Waals surface area contributed by atoms with Crippen LogP contribution >= 0.6 is 23.4 Å². The summed E-state index contributed by atoms with van der Waals surface area (Å²) in [6, 6.07) is 9.20. The fourth-order valence-electron chi connectivity index (χ4n) is 2.43. The highest BCUT2D eigenvalue weighted by Gasteiger charge is 2.20. The second kappa shape index (κ2) is 8.60. The quantitative estimate of drug-likeness (QED) is 0.402. The zero-order valence-electron chi connectivity index (χ0n) is 15.4. The van der Waals surface area contributed by atoms with Crippen LogP contribution in [0, 0.1) is 5.82 Å². The van der Waals surface area contributed by atoms with Gasteiger partial charge in [-0.05, 0) is 48.2 Å². The average molecular weight is 443 g/mol. The number of benzene rings is 1. The fraction of sp³-hybridized carbons (Fsp3) is 0.0500. The van der Waals surface area contributed by atoms with Gasteiger partial charge >= 0.3 is 5.97 Å². The first-order valence-corrected chi connectivity index (χ1v) is 9.70. The van der Waals surface area contributed by atoms with E-state index in [-0.39, 0.29) is 17.4 Å². The standard InChI is InChI=1S/C20H12ClFN4O3S/c1-28-19(27)15-10-23-14(9-24-15)17-20(30-16-7-4-12(21)8-25-16)29-18(26-17)11-2-5-13(22)6-3-11/h2-10H,1H3. The molecule has 3 heterocycles. The van der Waals surface area contributed by atoms with Gasteiger partial charge in [0.25, 0.3) is 0 Å². The Morgan fingerprint density at radius 3 is 2.50 bits per heavy atom. The van der Waals surface area contributed by atoms with Crippen molar-refractivity contribution in [2.75, 3.05) is 7.11 Å². The minimum atomic E-state index is -0.596. The summed E-state index contributed by atoms with van der Waals surface area (Å²) in [5.74, 6) is -0.684. The maximum Gasteiger partial charge on any atom is 0.358 e. The Balaban J connectivity index is 1.75. The van der Waals surface area contributed by atoms with Crippen molar-refractivity contribution in [2.24, 2.45) is 0 Å². The molecule has 0 aliphatic carbocycles. The average Bonchev–Trinajstić information content (AvgIpc) is 3.19. The number of hydrogen-bond donors (Lipinski definition) is 0. The van der Waals surface area contributed by atoms with Gasteiger partial charge in [0.1, 0.15) is 22.2 Å². The summed E-state index contributed by atoms with van der Waals surface area (Å²) >= 11 is 7.12. The molecule has 7 nitrogen and oxygen atoms in total.